The Bertz CT molecular complexity index is 309. The molecule has 110 valence electrons. The monoisotopic (exact) mass is 271 g/mol. The van der Waals surface area contributed by atoms with Gasteiger partial charge < -0.3 is 15.2 Å². The number of carbonyl (C=O) groups is 2. The van der Waals surface area contributed by atoms with Crippen molar-refractivity contribution in [2.45, 2.75) is 45.4 Å². The van der Waals surface area contributed by atoms with E-state index in [-0.39, 0.29) is 12.5 Å². The summed E-state index contributed by atoms with van der Waals surface area (Å²) < 4.78 is 4.88. The maximum Gasteiger partial charge on any atom is 0.311 e. The molecule has 1 saturated carbocycles. The number of nitrogens with one attached hydrogen (secondary N) is 1. The lowest BCUT2D eigenvalue weighted by atomic mass is 9.71. The zero-order chi connectivity index (χ0) is 14.3. The fraction of sp³-hybridized carbons (Fsp3) is 0.857. The van der Waals surface area contributed by atoms with Crippen molar-refractivity contribution in [1.82, 2.24) is 5.32 Å². The summed E-state index contributed by atoms with van der Waals surface area (Å²) >= 11 is 0. The van der Waals surface area contributed by atoms with Gasteiger partial charge in [-0.3, -0.25) is 9.59 Å². The summed E-state index contributed by atoms with van der Waals surface area (Å²) in [7, 11) is 1.60. The Hall–Kier alpha value is -1.10. The Morgan fingerprint density at radius 2 is 2.00 bits per heavy atom. The lowest BCUT2D eigenvalue weighted by Gasteiger charge is -2.35. The molecule has 2 N–H and O–H groups in total. The molecule has 1 aliphatic carbocycles. The maximum absolute atomic E-state index is 11.6. The molecule has 0 aliphatic heterocycles. The minimum Gasteiger partial charge on any atom is -0.481 e. The number of carbonyl (C=O) groups excluding carboxylic acids is 1. The van der Waals surface area contributed by atoms with Crippen LogP contribution in [0.15, 0.2) is 0 Å². The first-order valence-electron chi connectivity index (χ1n) is 6.99. The van der Waals surface area contributed by atoms with Crippen LogP contribution in [0.25, 0.3) is 0 Å². The average molecular weight is 271 g/mol. The van der Waals surface area contributed by atoms with Crippen molar-refractivity contribution in [2.75, 3.05) is 20.3 Å². The van der Waals surface area contributed by atoms with Gasteiger partial charge in [0.2, 0.25) is 5.91 Å². The number of hydrogen-bond donors (Lipinski definition) is 2. The molecule has 0 unspecified atom stereocenters. The maximum atomic E-state index is 11.6. The molecule has 0 bridgehead atoms. The van der Waals surface area contributed by atoms with Gasteiger partial charge in [0.15, 0.2) is 0 Å². The fourth-order valence-corrected chi connectivity index (χ4v) is 2.51. The minimum atomic E-state index is -0.781. The number of aliphatic carboxylic acids is 1. The Morgan fingerprint density at radius 1 is 1.37 bits per heavy atom. The first-order chi connectivity index (χ1) is 9.00. The standard InChI is InChI=1S/C14H25NO4/c1-11-5-7-14(8-6-11,13(17)18)10-15-12(16)4-3-9-19-2/h11H,3-10H2,1-2H3,(H,15,16)(H,17,18). The molecule has 0 saturated heterocycles. The molecule has 0 atom stereocenters. The van der Waals surface area contributed by atoms with E-state index in [1.54, 1.807) is 7.11 Å². The summed E-state index contributed by atoms with van der Waals surface area (Å²) in [4.78, 5) is 23.1. The average Bonchev–Trinajstić information content (AvgIpc) is 2.38. The Kier molecular flexibility index (Phi) is 6.28. The second kappa shape index (κ2) is 7.48. The van der Waals surface area contributed by atoms with E-state index in [0.29, 0.717) is 38.2 Å². The van der Waals surface area contributed by atoms with Gasteiger partial charge in [0.25, 0.3) is 0 Å². The third-order valence-electron chi connectivity index (χ3n) is 4.06. The number of amides is 1. The summed E-state index contributed by atoms with van der Waals surface area (Å²) in [6, 6.07) is 0. The van der Waals surface area contributed by atoms with Gasteiger partial charge in [-0.15, -0.1) is 0 Å². The van der Waals surface area contributed by atoms with Crippen LogP contribution in [0.3, 0.4) is 0 Å². The van der Waals surface area contributed by atoms with Crippen molar-refractivity contribution in [3.05, 3.63) is 0 Å². The van der Waals surface area contributed by atoms with Crippen LogP contribution in [0.4, 0.5) is 0 Å². The number of ether oxygens (including phenoxy) is 1. The fourth-order valence-electron chi connectivity index (χ4n) is 2.51. The molecule has 0 aromatic carbocycles. The first-order valence-corrected chi connectivity index (χ1v) is 6.99. The molecular formula is C14H25NO4. The summed E-state index contributed by atoms with van der Waals surface area (Å²) in [6.07, 6.45) is 4.21. The van der Waals surface area contributed by atoms with E-state index in [1.165, 1.54) is 0 Å². The second-order valence-corrected chi connectivity index (χ2v) is 5.64. The summed E-state index contributed by atoms with van der Waals surface area (Å²) in [5.74, 6) is -0.280. The lowest BCUT2D eigenvalue weighted by molar-refractivity contribution is -0.151. The molecular weight excluding hydrogens is 246 g/mol. The van der Waals surface area contributed by atoms with Crippen molar-refractivity contribution in [1.29, 1.82) is 0 Å². The molecule has 1 rings (SSSR count). The molecule has 1 fully saturated rings. The van der Waals surface area contributed by atoms with Crippen LogP contribution < -0.4 is 5.32 Å². The van der Waals surface area contributed by atoms with E-state index in [9.17, 15) is 14.7 Å². The van der Waals surface area contributed by atoms with Crippen molar-refractivity contribution >= 4 is 11.9 Å². The zero-order valence-electron chi connectivity index (χ0n) is 11.9. The van der Waals surface area contributed by atoms with E-state index in [0.717, 1.165) is 12.8 Å². The van der Waals surface area contributed by atoms with E-state index in [4.69, 9.17) is 4.74 Å². The molecule has 1 aliphatic rings. The van der Waals surface area contributed by atoms with Gasteiger partial charge >= 0.3 is 5.97 Å². The SMILES string of the molecule is COCCCC(=O)NCC1(C(=O)O)CCC(C)CC1. The lowest BCUT2D eigenvalue weighted by Crippen LogP contribution is -2.45. The number of hydrogen-bond acceptors (Lipinski definition) is 3. The third-order valence-corrected chi connectivity index (χ3v) is 4.06. The van der Waals surface area contributed by atoms with E-state index < -0.39 is 11.4 Å². The second-order valence-electron chi connectivity index (χ2n) is 5.64. The van der Waals surface area contributed by atoms with Crippen LogP contribution in [-0.4, -0.2) is 37.2 Å². The summed E-state index contributed by atoms with van der Waals surface area (Å²) in [5.41, 5.74) is -0.760. The van der Waals surface area contributed by atoms with Crippen LogP contribution in [0.5, 0.6) is 0 Å². The van der Waals surface area contributed by atoms with Crippen molar-refractivity contribution in [3.63, 3.8) is 0 Å². The number of methoxy groups -OCH3 is 1. The highest BCUT2D eigenvalue weighted by molar-refractivity contribution is 5.79. The van der Waals surface area contributed by atoms with Crippen LogP contribution in [-0.2, 0) is 14.3 Å². The molecule has 1 amide bonds. The molecule has 0 aromatic heterocycles. The third kappa shape index (κ3) is 4.82. The van der Waals surface area contributed by atoms with Crippen LogP contribution in [0, 0.1) is 11.3 Å². The summed E-state index contributed by atoms with van der Waals surface area (Å²) in [6.45, 7) is 2.95. The van der Waals surface area contributed by atoms with Crippen LogP contribution >= 0.6 is 0 Å². The minimum absolute atomic E-state index is 0.0868. The topological polar surface area (TPSA) is 75.6 Å². The highest BCUT2D eigenvalue weighted by atomic mass is 16.5. The van der Waals surface area contributed by atoms with Gasteiger partial charge in [0, 0.05) is 26.7 Å². The van der Waals surface area contributed by atoms with E-state index in [1.807, 2.05) is 0 Å². The zero-order valence-corrected chi connectivity index (χ0v) is 11.9. The summed E-state index contributed by atoms with van der Waals surface area (Å²) in [5, 5.41) is 12.2. The number of carboxylic acids is 1. The van der Waals surface area contributed by atoms with Crippen molar-refractivity contribution < 1.29 is 19.4 Å². The number of carboxylic acid groups (broad SMARTS) is 1. The van der Waals surface area contributed by atoms with Crippen molar-refractivity contribution in [3.8, 4) is 0 Å². The van der Waals surface area contributed by atoms with Crippen LogP contribution in [0.2, 0.25) is 0 Å². The molecule has 19 heavy (non-hydrogen) atoms. The Balaban J connectivity index is 2.42. The molecule has 0 spiro atoms. The molecule has 5 heteroatoms. The van der Waals surface area contributed by atoms with Crippen LogP contribution in [0.1, 0.15) is 45.4 Å². The smallest absolute Gasteiger partial charge is 0.311 e. The predicted molar refractivity (Wildman–Crippen MR) is 71.8 cm³/mol. The first kappa shape index (κ1) is 16.0. The van der Waals surface area contributed by atoms with Gasteiger partial charge in [-0.05, 0) is 38.0 Å². The quantitative estimate of drug-likeness (QED) is 0.692. The van der Waals surface area contributed by atoms with E-state index >= 15 is 0 Å². The Morgan fingerprint density at radius 3 is 2.53 bits per heavy atom. The molecule has 0 aromatic rings. The van der Waals surface area contributed by atoms with Gasteiger partial charge in [-0.25, -0.2) is 0 Å². The number of rotatable bonds is 7. The van der Waals surface area contributed by atoms with Crippen molar-refractivity contribution in [2.24, 2.45) is 11.3 Å². The van der Waals surface area contributed by atoms with E-state index in [2.05, 4.69) is 12.2 Å². The van der Waals surface area contributed by atoms with Gasteiger partial charge in [0.05, 0.1) is 5.41 Å². The Labute approximate surface area is 114 Å². The largest absolute Gasteiger partial charge is 0.481 e. The molecule has 0 radical (unpaired) electrons. The molecule has 5 nitrogen and oxygen atoms in total. The van der Waals surface area contributed by atoms with Gasteiger partial charge in [-0.2, -0.15) is 0 Å². The highest BCUT2D eigenvalue weighted by Crippen LogP contribution is 2.38. The van der Waals surface area contributed by atoms with Gasteiger partial charge in [0.1, 0.15) is 0 Å². The predicted octanol–water partition coefficient (Wildman–Crippen LogP) is 1.81. The molecule has 0 heterocycles. The normalized spacial score (nSPS) is 26.9. The van der Waals surface area contributed by atoms with Gasteiger partial charge in [-0.1, -0.05) is 6.92 Å². The highest BCUT2D eigenvalue weighted by Gasteiger charge is 2.41.